The van der Waals surface area contributed by atoms with Crippen molar-refractivity contribution in [2.24, 2.45) is 0 Å². The monoisotopic (exact) mass is 350 g/mol. The first-order valence-electron chi connectivity index (χ1n) is 8.54. The molecule has 0 bridgehead atoms. The Morgan fingerprint density at radius 3 is 2.52 bits per heavy atom. The van der Waals surface area contributed by atoms with Crippen LogP contribution in [0.2, 0.25) is 0 Å². The van der Waals surface area contributed by atoms with Crippen molar-refractivity contribution in [3.05, 3.63) is 88.4 Å². The van der Waals surface area contributed by atoms with E-state index in [0.717, 1.165) is 18.5 Å². The van der Waals surface area contributed by atoms with Crippen molar-refractivity contribution in [1.82, 2.24) is 9.88 Å². The van der Waals surface area contributed by atoms with Crippen LogP contribution in [0, 0.1) is 0 Å². The number of hydrogen-bond donors (Lipinski definition) is 0. The van der Waals surface area contributed by atoms with Gasteiger partial charge in [-0.05, 0) is 52.9 Å². The van der Waals surface area contributed by atoms with Crippen LogP contribution in [0.5, 0.6) is 0 Å². The van der Waals surface area contributed by atoms with Crippen LogP contribution in [0.1, 0.15) is 29.7 Å². The molecule has 0 spiro atoms. The average Bonchev–Trinajstić information content (AvgIpc) is 3.16. The van der Waals surface area contributed by atoms with Crippen LogP contribution in [0.15, 0.2) is 71.6 Å². The zero-order chi connectivity index (χ0) is 17.3. The van der Waals surface area contributed by atoms with E-state index >= 15 is 0 Å². The molecule has 3 aromatic rings. The summed E-state index contributed by atoms with van der Waals surface area (Å²) < 4.78 is 0. The van der Waals surface area contributed by atoms with Crippen molar-refractivity contribution in [2.75, 3.05) is 0 Å². The topological polar surface area (TPSA) is 33.2 Å². The smallest absolute Gasteiger partial charge is 0.223 e. The highest BCUT2D eigenvalue weighted by molar-refractivity contribution is 7.07. The highest BCUT2D eigenvalue weighted by Crippen LogP contribution is 2.14. The van der Waals surface area contributed by atoms with E-state index in [4.69, 9.17) is 0 Å². The van der Waals surface area contributed by atoms with Gasteiger partial charge in [0.2, 0.25) is 5.91 Å². The summed E-state index contributed by atoms with van der Waals surface area (Å²) in [6.45, 7) is 1.20. The lowest BCUT2D eigenvalue weighted by Crippen LogP contribution is -2.30. The van der Waals surface area contributed by atoms with Crippen molar-refractivity contribution in [3.8, 4) is 0 Å². The maximum absolute atomic E-state index is 12.8. The molecular weight excluding hydrogens is 328 g/mol. The van der Waals surface area contributed by atoms with E-state index in [1.807, 2.05) is 46.7 Å². The lowest BCUT2D eigenvalue weighted by Gasteiger charge is -2.22. The number of carbonyl (C=O) groups is 1. The van der Waals surface area contributed by atoms with Crippen LogP contribution in [-0.4, -0.2) is 15.8 Å². The van der Waals surface area contributed by atoms with Gasteiger partial charge in [0, 0.05) is 19.2 Å². The second-order valence-corrected chi connectivity index (χ2v) is 6.82. The zero-order valence-electron chi connectivity index (χ0n) is 14.2. The van der Waals surface area contributed by atoms with Gasteiger partial charge in [0.1, 0.15) is 0 Å². The van der Waals surface area contributed by atoms with Gasteiger partial charge in [0.15, 0.2) is 0 Å². The van der Waals surface area contributed by atoms with Crippen LogP contribution in [0.3, 0.4) is 0 Å². The molecule has 2 aromatic heterocycles. The number of pyridine rings is 1. The number of aryl methyl sites for hydroxylation is 1. The summed E-state index contributed by atoms with van der Waals surface area (Å²) in [4.78, 5) is 19.0. The number of thiophene rings is 1. The summed E-state index contributed by atoms with van der Waals surface area (Å²) in [5.74, 6) is 0.188. The molecular formula is C21H22N2OS. The van der Waals surface area contributed by atoms with Gasteiger partial charge in [0.25, 0.3) is 0 Å². The second-order valence-electron chi connectivity index (χ2n) is 6.04. The van der Waals surface area contributed by atoms with Crippen LogP contribution < -0.4 is 0 Å². The first kappa shape index (κ1) is 17.4. The van der Waals surface area contributed by atoms with E-state index in [1.165, 1.54) is 11.1 Å². The minimum absolute atomic E-state index is 0.188. The fourth-order valence-corrected chi connectivity index (χ4v) is 3.43. The lowest BCUT2D eigenvalue weighted by atomic mass is 10.1. The van der Waals surface area contributed by atoms with E-state index in [0.29, 0.717) is 19.5 Å². The van der Waals surface area contributed by atoms with E-state index in [1.54, 1.807) is 17.5 Å². The van der Waals surface area contributed by atoms with E-state index in [-0.39, 0.29) is 5.91 Å². The maximum Gasteiger partial charge on any atom is 0.223 e. The molecule has 0 radical (unpaired) electrons. The fraction of sp³-hybridized carbons (Fsp3) is 0.238. The molecule has 1 aromatic carbocycles. The second kappa shape index (κ2) is 9.14. The summed E-state index contributed by atoms with van der Waals surface area (Å²) in [6.07, 6.45) is 4.14. The van der Waals surface area contributed by atoms with Crippen molar-refractivity contribution in [2.45, 2.75) is 32.4 Å². The maximum atomic E-state index is 12.8. The van der Waals surface area contributed by atoms with E-state index in [2.05, 4.69) is 28.6 Å². The molecule has 0 N–H and O–H groups in total. The van der Waals surface area contributed by atoms with Crippen LogP contribution in [0.25, 0.3) is 0 Å². The van der Waals surface area contributed by atoms with Gasteiger partial charge in [-0.2, -0.15) is 11.3 Å². The van der Waals surface area contributed by atoms with Gasteiger partial charge < -0.3 is 4.90 Å². The Hall–Kier alpha value is -2.46. The Morgan fingerprint density at radius 2 is 1.80 bits per heavy atom. The molecule has 2 heterocycles. The third kappa shape index (κ3) is 5.54. The standard InChI is InChI=1S/C21H22N2OS/c24-21(11-6-9-18-7-2-1-3-8-18)23(15-19-12-14-25-17-19)16-20-10-4-5-13-22-20/h1-5,7-8,10,12-14,17H,6,9,11,15-16H2. The Labute approximate surface area is 153 Å². The number of amides is 1. The summed E-state index contributed by atoms with van der Waals surface area (Å²) in [5.41, 5.74) is 3.39. The molecule has 0 saturated carbocycles. The zero-order valence-corrected chi connectivity index (χ0v) is 15.0. The van der Waals surface area contributed by atoms with E-state index in [9.17, 15) is 4.79 Å². The molecule has 128 valence electrons. The Bertz CT molecular complexity index is 757. The number of rotatable bonds is 8. The first-order valence-corrected chi connectivity index (χ1v) is 9.48. The summed E-state index contributed by atoms with van der Waals surface area (Å²) in [7, 11) is 0. The Balaban J connectivity index is 1.60. The van der Waals surface area contributed by atoms with Crippen LogP contribution in [-0.2, 0) is 24.3 Å². The van der Waals surface area contributed by atoms with Gasteiger partial charge >= 0.3 is 0 Å². The minimum Gasteiger partial charge on any atom is -0.332 e. The molecule has 0 saturated heterocycles. The molecule has 0 fully saturated rings. The average molecular weight is 350 g/mol. The molecule has 4 heteroatoms. The molecule has 0 aliphatic carbocycles. The van der Waals surface area contributed by atoms with Crippen LogP contribution >= 0.6 is 11.3 Å². The predicted octanol–water partition coefficient (Wildman–Crippen LogP) is 4.69. The third-order valence-corrected chi connectivity index (χ3v) is 4.82. The fourth-order valence-electron chi connectivity index (χ4n) is 2.77. The molecule has 25 heavy (non-hydrogen) atoms. The normalized spacial score (nSPS) is 10.6. The highest BCUT2D eigenvalue weighted by atomic mass is 32.1. The number of carbonyl (C=O) groups excluding carboxylic acids is 1. The summed E-state index contributed by atoms with van der Waals surface area (Å²) in [6, 6.07) is 18.2. The van der Waals surface area contributed by atoms with Gasteiger partial charge in [-0.3, -0.25) is 9.78 Å². The van der Waals surface area contributed by atoms with Crippen molar-refractivity contribution in [1.29, 1.82) is 0 Å². The molecule has 0 atom stereocenters. The van der Waals surface area contributed by atoms with Crippen molar-refractivity contribution >= 4 is 17.2 Å². The Morgan fingerprint density at radius 1 is 0.960 bits per heavy atom. The summed E-state index contributed by atoms with van der Waals surface area (Å²) >= 11 is 1.66. The molecule has 3 nitrogen and oxygen atoms in total. The minimum atomic E-state index is 0.188. The van der Waals surface area contributed by atoms with Gasteiger partial charge in [-0.15, -0.1) is 0 Å². The number of hydrogen-bond acceptors (Lipinski definition) is 3. The molecule has 1 amide bonds. The number of nitrogens with zero attached hydrogens (tertiary/aromatic N) is 2. The summed E-state index contributed by atoms with van der Waals surface area (Å²) in [5, 5.41) is 4.15. The SMILES string of the molecule is O=C(CCCc1ccccc1)N(Cc1ccsc1)Cc1ccccn1. The first-order chi connectivity index (χ1) is 12.3. The third-order valence-electron chi connectivity index (χ3n) is 4.08. The largest absolute Gasteiger partial charge is 0.332 e. The van der Waals surface area contributed by atoms with Crippen molar-refractivity contribution < 1.29 is 4.79 Å². The quantitative estimate of drug-likeness (QED) is 0.590. The molecule has 0 unspecified atom stereocenters. The molecule has 3 rings (SSSR count). The van der Waals surface area contributed by atoms with Gasteiger partial charge in [0.05, 0.1) is 12.2 Å². The van der Waals surface area contributed by atoms with Gasteiger partial charge in [-0.25, -0.2) is 0 Å². The molecule has 0 aliphatic heterocycles. The van der Waals surface area contributed by atoms with Crippen LogP contribution in [0.4, 0.5) is 0 Å². The predicted molar refractivity (Wildman–Crippen MR) is 102 cm³/mol. The highest BCUT2D eigenvalue weighted by Gasteiger charge is 2.15. The van der Waals surface area contributed by atoms with E-state index < -0.39 is 0 Å². The number of benzene rings is 1. The van der Waals surface area contributed by atoms with Gasteiger partial charge in [-0.1, -0.05) is 36.4 Å². The Kier molecular flexibility index (Phi) is 6.35. The number of aromatic nitrogens is 1. The van der Waals surface area contributed by atoms with Crippen molar-refractivity contribution in [3.63, 3.8) is 0 Å². The molecule has 0 aliphatic rings. The lowest BCUT2D eigenvalue weighted by molar-refractivity contribution is -0.132.